The lowest BCUT2D eigenvalue weighted by molar-refractivity contribution is -0.123. The largest absolute Gasteiger partial charge is 0.508 e. The third kappa shape index (κ3) is 4.14. The van der Waals surface area contributed by atoms with Crippen molar-refractivity contribution in [1.29, 1.82) is 0 Å². The average Bonchev–Trinajstić information content (AvgIpc) is 3.29. The number of fused-ring (bicyclic) bond motifs is 3. The zero-order valence-corrected chi connectivity index (χ0v) is 24.2. The van der Waals surface area contributed by atoms with E-state index < -0.39 is 23.7 Å². The molecule has 44 heavy (non-hydrogen) atoms. The number of hydrogen-bond acceptors (Lipinski definition) is 6. The first kappa shape index (κ1) is 27.7. The van der Waals surface area contributed by atoms with Gasteiger partial charge in [0.25, 0.3) is 0 Å². The lowest BCUT2D eigenvalue weighted by Crippen LogP contribution is -2.39. The number of rotatable bonds is 4. The van der Waals surface area contributed by atoms with E-state index in [2.05, 4.69) is 0 Å². The van der Waals surface area contributed by atoms with Crippen molar-refractivity contribution >= 4 is 34.9 Å². The third-order valence-corrected chi connectivity index (χ3v) is 9.54. The number of benzene rings is 3. The zero-order valence-electron chi connectivity index (χ0n) is 24.2. The lowest BCUT2D eigenvalue weighted by Gasteiger charge is -2.42. The van der Waals surface area contributed by atoms with Crippen LogP contribution in [0.3, 0.4) is 0 Å². The molecule has 218 valence electrons. The Morgan fingerprint density at radius 1 is 0.841 bits per heavy atom. The molecular weight excluding hydrogens is 554 g/mol. The number of aryl methyl sites for hydroxylation is 1. The van der Waals surface area contributed by atoms with E-state index in [0.29, 0.717) is 45.5 Å². The summed E-state index contributed by atoms with van der Waals surface area (Å²) in [5, 5.41) is 10.2. The van der Waals surface area contributed by atoms with E-state index in [1.165, 1.54) is 11.0 Å². The second-order valence-electron chi connectivity index (χ2n) is 12.0. The lowest BCUT2D eigenvalue weighted by atomic mass is 9.59. The van der Waals surface area contributed by atoms with Crippen LogP contribution in [0, 0.1) is 24.7 Å². The Kier molecular flexibility index (Phi) is 6.43. The minimum Gasteiger partial charge on any atom is -0.508 e. The molecule has 0 radical (unpaired) electrons. The maximum atomic E-state index is 14.2. The van der Waals surface area contributed by atoms with Gasteiger partial charge in [0.15, 0.2) is 17.3 Å². The maximum Gasteiger partial charge on any atom is 0.238 e. The molecule has 7 rings (SSSR count). The number of Topliss-reactive ketones (excluding diaryl/α,β-unsaturated/α-hetero) is 1. The van der Waals surface area contributed by atoms with Crippen molar-refractivity contribution in [2.24, 2.45) is 17.8 Å². The van der Waals surface area contributed by atoms with Gasteiger partial charge in [0.05, 0.1) is 17.5 Å². The molecule has 7 nitrogen and oxygen atoms in total. The fourth-order valence-electron chi connectivity index (χ4n) is 7.39. The van der Waals surface area contributed by atoms with Gasteiger partial charge >= 0.3 is 0 Å². The molecule has 4 aliphatic rings. The molecule has 1 saturated heterocycles. The Labute approximate surface area is 254 Å². The standard InChI is InChI=1S/C37H29NO6/c1-19-16-23(10-15-29(19)39)31-25-13-14-26-32(27(25)18-28-33(31)30(40)17-20(2)34(28)41)37(44)38(36(26)43)24-11-8-22(9-12-24)35(42)21-6-4-3-5-7-21/h3-13,15-17,26-27,31-32,39H,14,18H2,1-2H3. The van der Waals surface area contributed by atoms with E-state index in [0.717, 1.165) is 11.1 Å². The molecule has 1 aliphatic heterocycles. The number of anilines is 1. The number of phenols is 1. The Morgan fingerprint density at radius 3 is 2.25 bits per heavy atom. The van der Waals surface area contributed by atoms with Gasteiger partial charge in [-0.05, 0) is 80.1 Å². The highest BCUT2D eigenvalue weighted by molar-refractivity contribution is 6.25. The van der Waals surface area contributed by atoms with Crippen molar-refractivity contribution in [2.75, 3.05) is 4.90 Å². The van der Waals surface area contributed by atoms with E-state index in [-0.39, 0.29) is 41.3 Å². The fourth-order valence-corrected chi connectivity index (χ4v) is 7.39. The third-order valence-electron chi connectivity index (χ3n) is 9.54. The predicted octanol–water partition coefficient (Wildman–Crippen LogP) is 5.57. The fraction of sp³-hybridized carbons (Fsp3) is 0.216. The molecular formula is C37H29NO6. The van der Waals surface area contributed by atoms with E-state index in [9.17, 15) is 29.1 Å². The highest BCUT2D eigenvalue weighted by Crippen LogP contribution is 2.55. The highest BCUT2D eigenvalue weighted by atomic mass is 16.3. The van der Waals surface area contributed by atoms with Crippen molar-refractivity contribution in [3.05, 3.63) is 129 Å². The molecule has 1 N–H and O–H groups in total. The monoisotopic (exact) mass is 583 g/mol. The van der Waals surface area contributed by atoms with Crippen LogP contribution in [0.1, 0.15) is 52.7 Å². The topological polar surface area (TPSA) is 109 Å². The van der Waals surface area contributed by atoms with Gasteiger partial charge in [-0.3, -0.25) is 28.9 Å². The summed E-state index contributed by atoms with van der Waals surface area (Å²) in [7, 11) is 0. The van der Waals surface area contributed by atoms with Crippen molar-refractivity contribution < 1.29 is 29.1 Å². The number of imide groups is 1. The van der Waals surface area contributed by atoms with E-state index >= 15 is 0 Å². The van der Waals surface area contributed by atoms with Gasteiger partial charge in [0.1, 0.15) is 5.75 Å². The van der Waals surface area contributed by atoms with Crippen LogP contribution in [0.5, 0.6) is 5.75 Å². The number of carbonyl (C=O) groups is 5. The summed E-state index contributed by atoms with van der Waals surface area (Å²) in [5.74, 6) is -3.44. The number of allylic oxidation sites excluding steroid dienone is 6. The number of amides is 2. The summed E-state index contributed by atoms with van der Waals surface area (Å²) in [6.45, 7) is 3.39. The van der Waals surface area contributed by atoms with Crippen LogP contribution >= 0.6 is 0 Å². The first-order valence-electron chi connectivity index (χ1n) is 14.7. The van der Waals surface area contributed by atoms with Crippen molar-refractivity contribution in [1.82, 2.24) is 0 Å². The second kappa shape index (κ2) is 10.2. The number of ketones is 3. The van der Waals surface area contributed by atoms with Gasteiger partial charge in [-0.2, -0.15) is 0 Å². The van der Waals surface area contributed by atoms with Gasteiger partial charge in [0.2, 0.25) is 11.8 Å². The molecule has 7 heteroatoms. The average molecular weight is 584 g/mol. The molecule has 4 unspecified atom stereocenters. The summed E-state index contributed by atoms with van der Waals surface area (Å²) in [5.41, 5.74) is 4.80. The van der Waals surface area contributed by atoms with Crippen LogP contribution in [-0.4, -0.2) is 34.3 Å². The smallest absolute Gasteiger partial charge is 0.238 e. The van der Waals surface area contributed by atoms with Gasteiger partial charge in [-0.25, -0.2) is 0 Å². The molecule has 0 aromatic heterocycles. The maximum absolute atomic E-state index is 14.2. The van der Waals surface area contributed by atoms with E-state index in [1.807, 2.05) is 18.2 Å². The molecule has 0 spiro atoms. The molecule has 1 fully saturated rings. The highest BCUT2D eigenvalue weighted by Gasteiger charge is 2.56. The summed E-state index contributed by atoms with van der Waals surface area (Å²) in [4.78, 5) is 69.0. The van der Waals surface area contributed by atoms with Crippen molar-refractivity contribution in [2.45, 2.75) is 32.6 Å². The summed E-state index contributed by atoms with van der Waals surface area (Å²) in [6.07, 6.45) is 3.88. The molecule has 2 amide bonds. The first-order valence-corrected chi connectivity index (χ1v) is 14.7. The molecule has 3 aromatic rings. The first-order chi connectivity index (χ1) is 21.2. The van der Waals surface area contributed by atoms with Gasteiger partial charge in [-0.1, -0.05) is 54.1 Å². The van der Waals surface area contributed by atoms with Crippen molar-refractivity contribution in [3.63, 3.8) is 0 Å². The second-order valence-corrected chi connectivity index (χ2v) is 12.0. The van der Waals surface area contributed by atoms with Crippen LogP contribution in [-0.2, 0) is 19.2 Å². The number of carbonyl (C=O) groups excluding carboxylic acids is 5. The molecule has 0 saturated carbocycles. The Morgan fingerprint density at radius 2 is 1.55 bits per heavy atom. The predicted molar refractivity (Wildman–Crippen MR) is 163 cm³/mol. The van der Waals surface area contributed by atoms with Crippen LogP contribution < -0.4 is 4.90 Å². The van der Waals surface area contributed by atoms with E-state index in [4.69, 9.17) is 0 Å². The Balaban J connectivity index is 1.26. The molecule has 1 heterocycles. The van der Waals surface area contributed by atoms with Gasteiger partial charge < -0.3 is 5.11 Å². The minimum atomic E-state index is -0.697. The number of aromatic hydroxyl groups is 1. The summed E-state index contributed by atoms with van der Waals surface area (Å²) < 4.78 is 0. The van der Waals surface area contributed by atoms with Gasteiger partial charge in [-0.15, -0.1) is 0 Å². The summed E-state index contributed by atoms with van der Waals surface area (Å²) >= 11 is 0. The normalized spacial score (nSPS) is 24.5. The van der Waals surface area contributed by atoms with Gasteiger partial charge in [0, 0.05) is 33.8 Å². The molecule has 3 aromatic carbocycles. The number of phenolic OH excluding ortho intramolecular Hbond substituents is 1. The van der Waals surface area contributed by atoms with Crippen LogP contribution in [0.25, 0.3) is 0 Å². The SMILES string of the molecule is CC1=CC(=O)C2=C(CC3C(=CCC4C(=O)N(c5ccc(C(=O)c6ccccc6)cc5)C(=O)C43)C2c2ccc(O)c(C)c2)C1=O. The quantitative estimate of drug-likeness (QED) is 0.186. The molecule has 0 bridgehead atoms. The minimum absolute atomic E-state index is 0.124. The van der Waals surface area contributed by atoms with Crippen LogP contribution in [0.15, 0.2) is 107 Å². The Bertz CT molecular complexity index is 1900. The molecule has 3 aliphatic carbocycles. The van der Waals surface area contributed by atoms with Crippen LogP contribution in [0.4, 0.5) is 5.69 Å². The van der Waals surface area contributed by atoms with Crippen LogP contribution in [0.2, 0.25) is 0 Å². The number of hydrogen-bond donors (Lipinski definition) is 1. The van der Waals surface area contributed by atoms with E-state index in [1.54, 1.807) is 74.5 Å². The molecule has 4 atom stereocenters. The Hall–Kier alpha value is -5.17. The summed E-state index contributed by atoms with van der Waals surface area (Å²) in [6, 6.07) is 20.5. The zero-order chi connectivity index (χ0) is 30.9. The van der Waals surface area contributed by atoms with Crippen molar-refractivity contribution in [3.8, 4) is 5.75 Å². The number of nitrogens with zero attached hydrogens (tertiary/aromatic N) is 1.